The second kappa shape index (κ2) is 9.33. The fraction of sp³-hybridized carbons (Fsp3) is 0.529. The molecule has 2 rings (SSSR count). The molecule has 122 valence electrons. The maximum atomic E-state index is 11.6. The molecule has 0 unspecified atom stereocenters. The molecule has 0 radical (unpaired) electrons. The van der Waals surface area contributed by atoms with Crippen LogP contribution in [0.25, 0.3) is 11.0 Å². The maximum Gasteiger partial charge on any atom is 0.251 e. The average molecular weight is 304 g/mol. The van der Waals surface area contributed by atoms with Crippen LogP contribution in [0.3, 0.4) is 0 Å². The zero-order chi connectivity index (χ0) is 16.5. The van der Waals surface area contributed by atoms with E-state index in [0.717, 1.165) is 42.8 Å². The number of aryl methyl sites for hydroxylation is 1. The molecule has 0 aliphatic carbocycles. The maximum absolute atomic E-state index is 11.6. The highest BCUT2D eigenvalue weighted by atomic mass is 16.1. The summed E-state index contributed by atoms with van der Waals surface area (Å²) in [4.78, 5) is 21.2. The molecule has 0 bridgehead atoms. The van der Waals surface area contributed by atoms with Gasteiger partial charge in [-0.05, 0) is 38.2 Å². The molecule has 0 aliphatic heterocycles. The minimum Gasteiger partial charge on any atom is -0.320 e. The second-order valence-electron chi connectivity index (χ2n) is 5.15. The van der Waals surface area contributed by atoms with Gasteiger partial charge in [-0.3, -0.25) is 9.78 Å². The van der Waals surface area contributed by atoms with Crippen LogP contribution >= 0.6 is 0 Å². The molecule has 0 spiro atoms. The van der Waals surface area contributed by atoms with Crippen LogP contribution in [-0.2, 0) is 6.54 Å². The third-order valence-electron chi connectivity index (χ3n) is 3.31. The van der Waals surface area contributed by atoms with Crippen molar-refractivity contribution in [2.24, 2.45) is 0 Å². The molecule has 0 saturated heterocycles. The first kappa shape index (κ1) is 18.3. The summed E-state index contributed by atoms with van der Waals surface area (Å²) < 4.78 is 0. The Kier molecular flexibility index (Phi) is 7.77. The van der Waals surface area contributed by atoms with Crippen LogP contribution in [0.1, 0.15) is 31.9 Å². The number of aromatic amines is 1. The number of nitrogens with zero attached hydrogens (tertiary/aromatic N) is 2. The molecule has 0 saturated carbocycles. The van der Waals surface area contributed by atoms with Crippen molar-refractivity contribution in [3.63, 3.8) is 0 Å². The van der Waals surface area contributed by atoms with E-state index in [1.807, 2.05) is 32.2 Å². The molecule has 0 atom stereocenters. The minimum atomic E-state index is -0.0445. The van der Waals surface area contributed by atoms with Crippen LogP contribution < -0.4 is 10.9 Å². The largest absolute Gasteiger partial charge is 0.320 e. The Morgan fingerprint density at radius 2 is 2.05 bits per heavy atom. The standard InChI is InChI=1S/C15H22N4O.C2H6/c1-4-16-5-6-19(3)10-12-8-14-13(17-9-12)7-11(2)15(20)18-14;1-2/h7-9,16H,4-6,10H2,1-3H3,(H,18,20);1-2H3. The van der Waals surface area contributed by atoms with Crippen molar-refractivity contribution < 1.29 is 0 Å². The van der Waals surface area contributed by atoms with E-state index in [9.17, 15) is 4.79 Å². The predicted octanol–water partition coefficient (Wildman–Crippen LogP) is 2.30. The van der Waals surface area contributed by atoms with E-state index >= 15 is 0 Å². The molecule has 0 amide bonds. The topological polar surface area (TPSA) is 61.0 Å². The van der Waals surface area contributed by atoms with E-state index in [1.165, 1.54) is 0 Å². The first-order valence-corrected chi connectivity index (χ1v) is 7.98. The lowest BCUT2D eigenvalue weighted by Gasteiger charge is -2.16. The fourth-order valence-electron chi connectivity index (χ4n) is 2.15. The predicted molar refractivity (Wildman–Crippen MR) is 93.3 cm³/mol. The Balaban J connectivity index is 0.00000116. The van der Waals surface area contributed by atoms with E-state index in [-0.39, 0.29) is 5.56 Å². The lowest BCUT2D eigenvalue weighted by molar-refractivity contribution is 0.325. The van der Waals surface area contributed by atoms with Crippen LogP contribution in [0.15, 0.2) is 23.1 Å². The van der Waals surface area contributed by atoms with Gasteiger partial charge in [-0.1, -0.05) is 20.8 Å². The number of likely N-dealkylation sites (N-methyl/N-ethyl adjacent to an activating group) is 2. The number of rotatable bonds is 6. The first-order chi connectivity index (χ1) is 10.6. The van der Waals surface area contributed by atoms with Gasteiger partial charge >= 0.3 is 0 Å². The Labute approximate surface area is 132 Å². The zero-order valence-corrected chi connectivity index (χ0v) is 14.4. The molecule has 2 heterocycles. The quantitative estimate of drug-likeness (QED) is 0.804. The van der Waals surface area contributed by atoms with Crippen LogP contribution in [-0.4, -0.2) is 41.5 Å². The molecule has 0 aromatic carbocycles. The van der Waals surface area contributed by atoms with Gasteiger partial charge in [-0.25, -0.2) is 0 Å². The van der Waals surface area contributed by atoms with E-state index in [4.69, 9.17) is 0 Å². The van der Waals surface area contributed by atoms with Gasteiger partial charge in [0, 0.05) is 31.4 Å². The minimum absolute atomic E-state index is 0.0445. The molecule has 0 aliphatic rings. The van der Waals surface area contributed by atoms with Crippen LogP contribution in [0.4, 0.5) is 0 Å². The zero-order valence-electron chi connectivity index (χ0n) is 14.4. The van der Waals surface area contributed by atoms with E-state index in [0.29, 0.717) is 5.56 Å². The van der Waals surface area contributed by atoms with Crippen molar-refractivity contribution in [3.05, 3.63) is 39.8 Å². The van der Waals surface area contributed by atoms with Gasteiger partial charge in [0.1, 0.15) is 0 Å². The van der Waals surface area contributed by atoms with Crippen molar-refractivity contribution in [1.82, 2.24) is 20.2 Å². The van der Waals surface area contributed by atoms with Crippen molar-refractivity contribution >= 4 is 11.0 Å². The van der Waals surface area contributed by atoms with Crippen molar-refractivity contribution in [2.75, 3.05) is 26.7 Å². The first-order valence-electron chi connectivity index (χ1n) is 7.98. The number of hydrogen-bond donors (Lipinski definition) is 2. The highest BCUT2D eigenvalue weighted by Gasteiger charge is 2.04. The van der Waals surface area contributed by atoms with Crippen molar-refractivity contribution in [3.8, 4) is 0 Å². The summed E-state index contributed by atoms with van der Waals surface area (Å²) in [5.41, 5.74) is 3.40. The number of nitrogens with one attached hydrogen (secondary N) is 2. The van der Waals surface area contributed by atoms with Gasteiger partial charge in [0.2, 0.25) is 0 Å². The van der Waals surface area contributed by atoms with Crippen molar-refractivity contribution in [1.29, 1.82) is 0 Å². The molecule has 0 fully saturated rings. The molecule has 5 heteroatoms. The van der Waals surface area contributed by atoms with Gasteiger partial charge in [-0.2, -0.15) is 0 Å². The monoisotopic (exact) mass is 304 g/mol. The summed E-state index contributed by atoms with van der Waals surface area (Å²) in [5, 5.41) is 3.30. The lowest BCUT2D eigenvalue weighted by atomic mass is 10.2. The highest BCUT2D eigenvalue weighted by Crippen LogP contribution is 2.11. The molecule has 2 aromatic heterocycles. The Bertz CT molecular complexity index is 636. The number of H-pyrrole nitrogens is 1. The Morgan fingerprint density at radius 3 is 2.73 bits per heavy atom. The van der Waals surface area contributed by atoms with Gasteiger partial charge in [0.25, 0.3) is 5.56 Å². The van der Waals surface area contributed by atoms with Gasteiger partial charge in [0.15, 0.2) is 0 Å². The highest BCUT2D eigenvalue weighted by molar-refractivity contribution is 5.74. The molecule has 22 heavy (non-hydrogen) atoms. The summed E-state index contributed by atoms with van der Waals surface area (Å²) in [6, 6.07) is 3.83. The molecular formula is C17H28N4O. The molecular weight excluding hydrogens is 276 g/mol. The number of pyridine rings is 2. The normalized spacial score (nSPS) is 10.6. The number of hydrogen-bond acceptors (Lipinski definition) is 4. The summed E-state index contributed by atoms with van der Waals surface area (Å²) in [5.74, 6) is 0. The Morgan fingerprint density at radius 1 is 1.32 bits per heavy atom. The lowest BCUT2D eigenvalue weighted by Crippen LogP contribution is -2.28. The molecule has 5 nitrogen and oxygen atoms in total. The van der Waals surface area contributed by atoms with Crippen LogP contribution in [0.2, 0.25) is 0 Å². The molecule has 2 N–H and O–H groups in total. The third kappa shape index (κ3) is 5.24. The fourth-order valence-corrected chi connectivity index (χ4v) is 2.15. The molecule has 2 aromatic rings. The van der Waals surface area contributed by atoms with Gasteiger partial charge in [0.05, 0.1) is 11.0 Å². The van der Waals surface area contributed by atoms with Crippen molar-refractivity contribution in [2.45, 2.75) is 34.2 Å². The smallest absolute Gasteiger partial charge is 0.251 e. The van der Waals surface area contributed by atoms with E-state index in [2.05, 4.69) is 34.2 Å². The van der Waals surface area contributed by atoms with Gasteiger partial charge in [-0.15, -0.1) is 0 Å². The van der Waals surface area contributed by atoms with Gasteiger partial charge < -0.3 is 15.2 Å². The van der Waals surface area contributed by atoms with Crippen LogP contribution in [0.5, 0.6) is 0 Å². The third-order valence-corrected chi connectivity index (χ3v) is 3.31. The SMILES string of the molecule is CC.CCNCCN(C)Cc1cnc2cc(C)c(=O)[nH]c2c1. The number of fused-ring (bicyclic) bond motifs is 1. The summed E-state index contributed by atoms with van der Waals surface area (Å²) in [6.45, 7) is 11.7. The summed E-state index contributed by atoms with van der Waals surface area (Å²) >= 11 is 0. The van der Waals surface area contributed by atoms with E-state index < -0.39 is 0 Å². The van der Waals surface area contributed by atoms with E-state index in [1.54, 1.807) is 6.92 Å². The number of aromatic nitrogens is 2. The summed E-state index contributed by atoms with van der Waals surface area (Å²) in [7, 11) is 2.08. The Hall–Kier alpha value is -1.72. The average Bonchev–Trinajstić information content (AvgIpc) is 2.51. The second-order valence-corrected chi connectivity index (χ2v) is 5.15. The van der Waals surface area contributed by atoms with Crippen LogP contribution in [0, 0.1) is 6.92 Å². The summed E-state index contributed by atoms with van der Waals surface area (Å²) in [6.07, 6.45) is 1.88.